The van der Waals surface area contributed by atoms with Crippen molar-refractivity contribution in [3.8, 4) is 5.40 Å². The number of thiazole rings is 1. The fraction of sp³-hybridized carbons (Fsp3) is 0.294. The number of carbonyl (C=O) groups excluding carboxylic acids is 2. The van der Waals surface area contributed by atoms with Crippen LogP contribution in [0.25, 0.3) is 0 Å². The van der Waals surface area contributed by atoms with Crippen molar-refractivity contribution in [3.05, 3.63) is 44.0 Å². The highest BCUT2D eigenvalue weighted by atomic mass is 32.2. The van der Waals surface area contributed by atoms with Crippen LogP contribution in [0.1, 0.15) is 16.8 Å². The molecular formula is C17H17N3O4S2. The van der Waals surface area contributed by atoms with Gasteiger partial charge in [-0.05, 0) is 55.8 Å². The number of nitriles is 1. The van der Waals surface area contributed by atoms with E-state index in [1.807, 2.05) is 19.2 Å². The molecule has 26 heavy (non-hydrogen) atoms. The summed E-state index contributed by atoms with van der Waals surface area (Å²) in [7, 11) is 0. The molecule has 0 saturated carbocycles. The van der Waals surface area contributed by atoms with Crippen LogP contribution >= 0.6 is 23.1 Å². The largest absolute Gasteiger partial charge is 0.454 e. The number of carbonyl (C=O) groups is 2. The van der Waals surface area contributed by atoms with E-state index in [9.17, 15) is 14.4 Å². The van der Waals surface area contributed by atoms with Crippen LogP contribution in [0.4, 0.5) is 5.69 Å². The zero-order valence-corrected chi connectivity index (χ0v) is 16.1. The molecule has 0 unspecified atom stereocenters. The third-order valence-corrected chi connectivity index (χ3v) is 5.01. The average molecular weight is 391 g/mol. The Morgan fingerprint density at radius 3 is 2.50 bits per heavy atom. The van der Waals surface area contributed by atoms with Crippen molar-refractivity contribution in [1.82, 2.24) is 4.57 Å². The number of aromatic nitrogens is 1. The van der Waals surface area contributed by atoms with Gasteiger partial charge in [-0.2, -0.15) is 5.26 Å². The first kappa shape index (κ1) is 19.8. The van der Waals surface area contributed by atoms with Crippen LogP contribution in [-0.4, -0.2) is 23.1 Å². The van der Waals surface area contributed by atoms with E-state index in [2.05, 4.69) is 5.32 Å². The van der Waals surface area contributed by atoms with Crippen LogP contribution < -0.4 is 10.2 Å². The van der Waals surface area contributed by atoms with Crippen molar-refractivity contribution in [2.75, 3.05) is 11.9 Å². The molecule has 1 heterocycles. The quantitative estimate of drug-likeness (QED) is 0.461. The summed E-state index contributed by atoms with van der Waals surface area (Å²) in [6, 6.07) is 3.60. The molecule has 0 atom stereocenters. The second-order valence-corrected chi connectivity index (χ2v) is 7.24. The summed E-state index contributed by atoms with van der Waals surface area (Å²) in [4.78, 5) is 36.0. The number of thiocyanates is 1. The fourth-order valence-electron chi connectivity index (χ4n) is 2.33. The van der Waals surface area contributed by atoms with Crippen molar-refractivity contribution < 1.29 is 14.3 Å². The van der Waals surface area contributed by atoms with E-state index in [4.69, 9.17) is 10.00 Å². The average Bonchev–Trinajstić information content (AvgIpc) is 2.88. The molecule has 136 valence electrons. The minimum Gasteiger partial charge on any atom is -0.454 e. The van der Waals surface area contributed by atoms with E-state index in [-0.39, 0.29) is 11.4 Å². The zero-order chi connectivity index (χ0) is 19.3. The van der Waals surface area contributed by atoms with Gasteiger partial charge in [0.15, 0.2) is 6.61 Å². The molecule has 0 radical (unpaired) electrons. The predicted octanol–water partition coefficient (Wildman–Crippen LogP) is 2.59. The standard InChI is InChI=1S/C17H17N3O4S2/c1-10-4-13(26-9-18)5-11(2)16(10)19-14(21)7-24-15(22)6-20-12(3)8-25-17(20)23/h4-5,8H,6-7H2,1-3H3,(H,19,21). The highest BCUT2D eigenvalue weighted by Gasteiger charge is 2.14. The van der Waals surface area contributed by atoms with Crippen LogP contribution in [0.2, 0.25) is 0 Å². The molecular weight excluding hydrogens is 374 g/mol. The number of esters is 1. The Balaban J connectivity index is 1.94. The molecule has 0 bridgehead atoms. The summed E-state index contributed by atoms with van der Waals surface area (Å²) < 4.78 is 6.24. The van der Waals surface area contributed by atoms with Gasteiger partial charge in [0.1, 0.15) is 11.9 Å². The molecule has 0 fully saturated rings. The number of rotatable bonds is 6. The van der Waals surface area contributed by atoms with Gasteiger partial charge in [-0.25, -0.2) is 0 Å². The maximum absolute atomic E-state index is 12.1. The highest BCUT2D eigenvalue weighted by Crippen LogP contribution is 2.27. The van der Waals surface area contributed by atoms with Crippen molar-refractivity contribution in [1.29, 1.82) is 5.26 Å². The first-order valence-electron chi connectivity index (χ1n) is 7.59. The van der Waals surface area contributed by atoms with Gasteiger partial charge >= 0.3 is 10.8 Å². The number of anilines is 1. The minimum absolute atomic E-state index is 0.223. The fourth-order valence-corrected chi connectivity index (χ4v) is 3.64. The van der Waals surface area contributed by atoms with Crippen molar-refractivity contribution in [2.45, 2.75) is 32.2 Å². The van der Waals surface area contributed by atoms with E-state index in [1.54, 1.807) is 24.4 Å². The lowest BCUT2D eigenvalue weighted by Gasteiger charge is -2.13. The summed E-state index contributed by atoms with van der Waals surface area (Å²) in [5.41, 5.74) is 2.91. The Morgan fingerprint density at radius 1 is 1.31 bits per heavy atom. The number of nitrogens with one attached hydrogen (secondary N) is 1. The molecule has 0 saturated heterocycles. The van der Waals surface area contributed by atoms with Gasteiger partial charge in [0, 0.05) is 21.7 Å². The lowest BCUT2D eigenvalue weighted by Crippen LogP contribution is -2.26. The highest BCUT2D eigenvalue weighted by molar-refractivity contribution is 8.03. The lowest BCUT2D eigenvalue weighted by atomic mass is 10.1. The van der Waals surface area contributed by atoms with Gasteiger partial charge < -0.3 is 10.1 Å². The molecule has 1 N–H and O–H groups in total. The molecule has 2 rings (SSSR count). The number of aryl methyl sites for hydroxylation is 3. The number of benzene rings is 1. The molecule has 0 aliphatic heterocycles. The van der Waals surface area contributed by atoms with E-state index >= 15 is 0 Å². The van der Waals surface area contributed by atoms with Crippen LogP contribution in [0.3, 0.4) is 0 Å². The predicted molar refractivity (Wildman–Crippen MR) is 100 cm³/mol. The molecule has 0 spiro atoms. The number of nitrogens with zero attached hydrogens (tertiary/aromatic N) is 2. The second kappa shape index (κ2) is 8.69. The summed E-state index contributed by atoms with van der Waals surface area (Å²) >= 11 is 2.05. The Bertz CT molecular complexity index is 917. The second-order valence-electron chi connectivity index (χ2n) is 5.56. The summed E-state index contributed by atoms with van der Waals surface area (Å²) in [5.74, 6) is -1.13. The topological polar surface area (TPSA) is 101 Å². The van der Waals surface area contributed by atoms with Crippen LogP contribution in [0, 0.1) is 31.4 Å². The monoisotopic (exact) mass is 391 g/mol. The normalized spacial score (nSPS) is 10.2. The SMILES string of the molecule is Cc1cc(SC#N)cc(C)c1NC(=O)COC(=O)Cn1c(C)csc1=O. The Morgan fingerprint density at radius 2 is 1.96 bits per heavy atom. The molecule has 1 aromatic heterocycles. The molecule has 0 aliphatic carbocycles. The van der Waals surface area contributed by atoms with Crippen molar-refractivity contribution >= 4 is 40.7 Å². The minimum atomic E-state index is -0.655. The Labute approximate surface area is 158 Å². The molecule has 7 nitrogen and oxygen atoms in total. The van der Waals surface area contributed by atoms with Gasteiger partial charge in [0.25, 0.3) is 5.91 Å². The zero-order valence-electron chi connectivity index (χ0n) is 14.5. The van der Waals surface area contributed by atoms with Gasteiger partial charge in [0.05, 0.1) is 0 Å². The molecule has 1 amide bonds. The van der Waals surface area contributed by atoms with Crippen LogP contribution in [-0.2, 0) is 20.9 Å². The number of amides is 1. The van der Waals surface area contributed by atoms with Gasteiger partial charge in [-0.1, -0.05) is 11.3 Å². The van der Waals surface area contributed by atoms with E-state index in [0.717, 1.165) is 39.1 Å². The van der Waals surface area contributed by atoms with Crippen molar-refractivity contribution in [2.24, 2.45) is 0 Å². The summed E-state index contributed by atoms with van der Waals surface area (Å²) in [5, 5.41) is 15.1. The third kappa shape index (κ3) is 4.97. The van der Waals surface area contributed by atoms with Crippen LogP contribution in [0.15, 0.2) is 27.2 Å². The number of hydrogen-bond acceptors (Lipinski definition) is 7. The van der Waals surface area contributed by atoms with Gasteiger partial charge in [-0.15, -0.1) is 0 Å². The Kier molecular flexibility index (Phi) is 6.60. The first-order valence-corrected chi connectivity index (χ1v) is 9.29. The summed E-state index contributed by atoms with van der Waals surface area (Å²) in [6.45, 7) is 4.70. The molecule has 0 aliphatic rings. The molecule has 1 aromatic carbocycles. The number of ether oxygens (including phenoxy) is 1. The number of thioether (sulfide) groups is 1. The maximum Gasteiger partial charge on any atom is 0.326 e. The van der Waals surface area contributed by atoms with Crippen LogP contribution in [0.5, 0.6) is 0 Å². The number of hydrogen-bond donors (Lipinski definition) is 1. The van der Waals surface area contributed by atoms with Crippen molar-refractivity contribution in [3.63, 3.8) is 0 Å². The van der Waals surface area contributed by atoms with E-state index in [0.29, 0.717) is 11.4 Å². The first-order chi connectivity index (χ1) is 12.3. The lowest BCUT2D eigenvalue weighted by molar-refractivity contribution is -0.147. The van der Waals surface area contributed by atoms with E-state index < -0.39 is 18.5 Å². The van der Waals surface area contributed by atoms with Gasteiger partial charge in [-0.3, -0.25) is 19.0 Å². The maximum atomic E-state index is 12.1. The van der Waals surface area contributed by atoms with Gasteiger partial charge in [0.2, 0.25) is 0 Å². The van der Waals surface area contributed by atoms with E-state index in [1.165, 1.54) is 4.57 Å². The smallest absolute Gasteiger partial charge is 0.326 e. The summed E-state index contributed by atoms with van der Waals surface area (Å²) in [6.07, 6.45) is 0. The Hall–Kier alpha value is -2.57. The molecule has 2 aromatic rings. The third-order valence-electron chi connectivity index (χ3n) is 3.56. The molecule has 9 heteroatoms.